The van der Waals surface area contributed by atoms with E-state index >= 15 is 0 Å². The number of aromatic nitrogens is 1. The molecular weight excluding hydrogens is 294 g/mol. The van der Waals surface area contributed by atoms with Crippen molar-refractivity contribution >= 4 is 35.9 Å². The quantitative estimate of drug-likeness (QED) is 0.811. The molecule has 6 heteroatoms. The van der Waals surface area contributed by atoms with E-state index < -0.39 is 6.04 Å². The third kappa shape index (κ3) is 6.11. The van der Waals surface area contributed by atoms with Gasteiger partial charge in [-0.25, -0.2) is 4.98 Å². The number of rotatable bonds is 7. The van der Waals surface area contributed by atoms with Crippen LogP contribution in [-0.2, 0) is 10.5 Å². The molecule has 2 atom stereocenters. The predicted molar refractivity (Wildman–Crippen MR) is 89.4 cm³/mol. The summed E-state index contributed by atoms with van der Waals surface area (Å²) in [6, 6.07) is 3.39. The zero-order valence-electron chi connectivity index (χ0n) is 12.3. The first-order valence-corrected chi connectivity index (χ1v) is 7.83. The molecule has 0 aromatic carbocycles. The van der Waals surface area contributed by atoms with Gasteiger partial charge < -0.3 is 11.1 Å². The van der Waals surface area contributed by atoms with Crippen molar-refractivity contribution in [1.82, 2.24) is 4.98 Å². The Bertz CT molecular complexity index is 417. The lowest BCUT2D eigenvalue weighted by Gasteiger charge is -2.17. The number of amides is 1. The molecule has 1 rings (SSSR count). The fourth-order valence-corrected chi connectivity index (χ4v) is 2.19. The van der Waals surface area contributed by atoms with Gasteiger partial charge in [0.2, 0.25) is 5.91 Å². The monoisotopic (exact) mass is 317 g/mol. The minimum absolute atomic E-state index is 0. The fraction of sp³-hybridized carbons (Fsp3) is 0.571. The van der Waals surface area contributed by atoms with Crippen LogP contribution in [0.4, 0.5) is 5.82 Å². The molecule has 1 aromatic heterocycles. The van der Waals surface area contributed by atoms with Crippen LogP contribution in [0.5, 0.6) is 0 Å². The third-order valence-corrected chi connectivity index (χ3v) is 4.05. The van der Waals surface area contributed by atoms with Crippen molar-refractivity contribution in [3.8, 4) is 0 Å². The summed E-state index contributed by atoms with van der Waals surface area (Å²) in [5.74, 6) is 2.58. The molecule has 1 amide bonds. The fourth-order valence-electron chi connectivity index (χ4n) is 1.57. The summed E-state index contributed by atoms with van der Waals surface area (Å²) in [7, 11) is 0. The van der Waals surface area contributed by atoms with Crippen LogP contribution >= 0.6 is 24.2 Å². The summed E-state index contributed by atoms with van der Waals surface area (Å²) in [5.41, 5.74) is 7.05. The molecule has 1 aromatic rings. The normalized spacial score (nSPS) is 13.2. The molecule has 1 heterocycles. The Kier molecular flexibility index (Phi) is 9.63. The molecule has 0 aliphatic carbocycles. The van der Waals surface area contributed by atoms with Gasteiger partial charge in [0.05, 0.1) is 6.04 Å². The first-order chi connectivity index (χ1) is 9.08. The highest BCUT2D eigenvalue weighted by atomic mass is 35.5. The zero-order valence-corrected chi connectivity index (χ0v) is 13.9. The number of hydrogen-bond acceptors (Lipinski definition) is 4. The second kappa shape index (κ2) is 10.0. The Hall–Kier alpha value is -0.780. The van der Waals surface area contributed by atoms with Gasteiger partial charge in [0.15, 0.2) is 0 Å². The molecule has 0 saturated heterocycles. The number of nitrogens with zero attached hydrogens (tertiary/aromatic N) is 1. The molecular formula is C14H24ClN3OS. The number of carbonyl (C=O) groups is 1. The maximum atomic E-state index is 12.0. The molecule has 0 bridgehead atoms. The summed E-state index contributed by atoms with van der Waals surface area (Å²) >= 11 is 1.84. The van der Waals surface area contributed by atoms with Crippen LogP contribution in [0.3, 0.4) is 0 Å². The van der Waals surface area contributed by atoms with Crippen molar-refractivity contribution in [2.45, 2.75) is 39.0 Å². The minimum atomic E-state index is -0.486. The maximum absolute atomic E-state index is 12.0. The van der Waals surface area contributed by atoms with Gasteiger partial charge in [0.1, 0.15) is 5.82 Å². The van der Waals surface area contributed by atoms with Gasteiger partial charge in [-0.05, 0) is 29.4 Å². The van der Waals surface area contributed by atoms with Crippen molar-refractivity contribution in [2.75, 3.05) is 11.1 Å². The van der Waals surface area contributed by atoms with E-state index in [2.05, 4.69) is 17.2 Å². The van der Waals surface area contributed by atoms with Crippen molar-refractivity contribution < 1.29 is 4.79 Å². The molecule has 114 valence electrons. The van der Waals surface area contributed by atoms with E-state index in [1.807, 2.05) is 37.7 Å². The summed E-state index contributed by atoms with van der Waals surface area (Å²) < 4.78 is 0. The average Bonchev–Trinajstić information content (AvgIpc) is 2.43. The second-order valence-corrected chi connectivity index (χ2v) is 5.86. The largest absolute Gasteiger partial charge is 0.320 e. The predicted octanol–water partition coefficient (Wildman–Crippen LogP) is 3.07. The molecule has 3 N–H and O–H groups in total. The Morgan fingerprint density at radius 3 is 2.80 bits per heavy atom. The molecule has 2 unspecified atom stereocenters. The van der Waals surface area contributed by atoms with E-state index in [0.29, 0.717) is 5.82 Å². The standard InChI is InChI=1S/C14H23N3OS.ClH/c1-4-10(3)13(15)14(18)17-12-8-11(6-7-16-12)9-19-5-2;/h6-8,10,13H,4-5,9,15H2,1-3H3,(H,16,17,18);1H. The van der Waals surface area contributed by atoms with Gasteiger partial charge in [0, 0.05) is 11.9 Å². The lowest BCUT2D eigenvalue weighted by atomic mass is 9.99. The van der Waals surface area contributed by atoms with Crippen molar-refractivity contribution in [1.29, 1.82) is 0 Å². The van der Waals surface area contributed by atoms with Gasteiger partial charge >= 0.3 is 0 Å². The van der Waals surface area contributed by atoms with Crippen molar-refractivity contribution in [3.05, 3.63) is 23.9 Å². The molecule has 0 spiro atoms. The third-order valence-electron chi connectivity index (χ3n) is 3.11. The van der Waals surface area contributed by atoms with Crippen LogP contribution in [0.1, 0.15) is 32.8 Å². The van der Waals surface area contributed by atoms with Gasteiger partial charge in [-0.2, -0.15) is 11.8 Å². The highest BCUT2D eigenvalue weighted by Crippen LogP contribution is 2.15. The number of thioether (sulfide) groups is 1. The van der Waals surface area contributed by atoms with Crippen molar-refractivity contribution in [3.63, 3.8) is 0 Å². The first-order valence-electron chi connectivity index (χ1n) is 6.67. The average molecular weight is 318 g/mol. The van der Waals surface area contributed by atoms with Crippen LogP contribution in [0.15, 0.2) is 18.3 Å². The number of halogens is 1. The number of nitrogens with two attached hydrogens (primary N) is 1. The summed E-state index contributed by atoms with van der Waals surface area (Å²) in [6.45, 7) is 6.13. The van der Waals surface area contributed by atoms with Crippen LogP contribution in [-0.4, -0.2) is 22.7 Å². The van der Waals surface area contributed by atoms with E-state index in [-0.39, 0.29) is 24.2 Å². The van der Waals surface area contributed by atoms with E-state index in [0.717, 1.165) is 23.5 Å². The van der Waals surface area contributed by atoms with Gasteiger partial charge in [0.25, 0.3) is 0 Å². The lowest BCUT2D eigenvalue weighted by Crippen LogP contribution is -2.40. The SMILES string of the molecule is CCSCc1ccnc(NC(=O)C(N)C(C)CC)c1.Cl. The zero-order chi connectivity index (χ0) is 14.3. The molecule has 0 saturated carbocycles. The molecule has 20 heavy (non-hydrogen) atoms. The number of anilines is 1. The van der Waals surface area contributed by atoms with E-state index in [1.165, 1.54) is 0 Å². The first kappa shape index (κ1) is 19.2. The smallest absolute Gasteiger partial charge is 0.242 e. The second-order valence-electron chi connectivity index (χ2n) is 4.59. The number of carbonyl (C=O) groups excluding carboxylic acids is 1. The maximum Gasteiger partial charge on any atom is 0.242 e. The van der Waals surface area contributed by atoms with Crippen LogP contribution in [0.2, 0.25) is 0 Å². The Morgan fingerprint density at radius 1 is 1.50 bits per heavy atom. The summed E-state index contributed by atoms with van der Waals surface area (Å²) in [6.07, 6.45) is 2.60. The van der Waals surface area contributed by atoms with Gasteiger partial charge in [-0.3, -0.25) is 4.79 Å². The molecule has 0 radical (unpaired) electrons. The number of pyridine rings is 1. The van der Waals surface area contributed by atoms with Crippen LogP contribution in [0, 0.1) is 5.92 Å². The Balaban J connectivity index is 0.00000361. The number of hydrogen-bond donors (Lipinski definition) is 2. The molecule has 0 aliphatic heterocycles. The summed E-state index contributed by atoms with van der Waals surface area (Å²) in [5, 5.41) is 2.79. The van der Waals surface area contributed by atoms with E-state index in [1.54, 1.807) is 6.20 Å². The number of nitrogens with one attached hydrogen (secondary N) is 1. The highest BCUT2D eigenvalue weighted by molar-refractivity contribution is 7.98. The van der Waals surface area contributed by atoms with E-state index in [4.69, 9.17) is 5.73 Å². The van der Waals surface area contributed by atoms with Gasteiger partial charge in [-0.1, -0.05) is 27.2 Å². The van der Waals surface area contributed by atoms with Crippen LogP contribution < -0.4 is 11.1 Å². The van der Waals surface area contributed by atoms with Crippen LogP contribution in [0.25, 0.3) is 0 Å². The molecule has 0 aliphatic rings. The summed E-state index contributed by atoms with van der Waals surface area (Å²) in [4.78, 5) is 16.1. The van der Waals surface area contributed by atoms with Gasteiger partial charge in [-0.15, -0.1) is 12.4 Å². The Labute approximate surface area is 131 Å². The topological polar surface area (TPSA) is 68.0 Å². The van der Waals surface area contributed by atoms with E-state index in [9.17, 15) is 4.79 Å². The Morgan fingerprint density at radius 2 is 2.20 bits per heavy atom. The lowest BCUT2D eigenvalue weighted by molar-refractivity contribution is -0.118. The van der Waals surface area contributed by atoms with Crippen molar-refractivity contribution in [2.24, 2.45) is 11.7 Å². The highest BCUT2D eigenvalue weighted by Gasteiger charge is 2.19. The molecule has 0 fully saturated rings. The minimum Gasteiger partial charge on any atom is -0.320 e. The molecule has 4 nitrogen and oxygen atoms in total.